The molecule has 1 saturated heterocycles. The topological polar surface area (TPSA) is 78.9 Å². The zero-order valence-corrected chi connectivity index (χ0v) is 21.2. The molecule has 2 aliphatic carbocycles. The molecule has 6 nitrogen and oxygen atoms in total. The van der Waals surface area contributed by atoms with Crippen LogP contribution in [0, 0.1) is 11.8 Å². The Kier molecular flexibility index (Phi) is 6.97. The van der Waals surface area contributed by atoms with Crippen LogP contribution in [0.2, 0.25) is 0 Å². The molecule has 0 spiro atoms. The lowest BCUT2D eigenvalue weighted by atomic mass is 9.57. The van der Waals surface area contributed by atoms with Crippen molar-refractivity contribution < 1.29 is 66.4 Å². The van der Waals surface area contributed by atoms with Crippen LogP contribution in [0.4, 0.5) is 39.5 Å². The number of benzene rings is 1. The average Bonchev–Trinajstić information content (AvgIpc) is 3.18. The van der Waals surface area contributed by atoms with Crippen molar-refractivity contribution in [1.82, 2.24) is 0 Å². The van der Waals surface area contributed by atoms with Gasteiger partial charge in [0, 0.05) is 25.9 Å². The summed E-state index contributed by atoms with van der Waals surface area (Å²) in [5, 5.41) is -6.96. The molecular weight excluding hydrogens is 575 g/mol. The Labute approximate surface area is 216 Å². The molecule has 1 heterocycles. The molecule has 1 aliphatic heterocycles. The standard InChI is InChI=1S/C23H23F9O6S/c1-11(33)37-17-10-19(2)16(7-8-36-19)15-5-3-12-9-13(4-6-14(12)18(15)17)38-39(34,35)23(31,32)21(26,27)20(24,25)22(28,29)30/h4,6,9,15-18H,3,5,7-8,10H2,1-2H3/t15?,16?,17-,18?,19+/m1/s1. The molecule has 3 aliphatic rings. The van der Waals surface area contributed by atoms with Gasteiger partial charge in [-0.2, -0.15) is 47.9 Å². The van der Waals surface area contributed by atoms with Gasteiger partial charge in [0.25, 0.3) is 0 Å². The van der Waals surface area contributed by atoms with Gasteiger partial charge in [-0.05, 0) is 61.3 Å². The van der Waals surface area contributed by atoms with E-state index in [0.717, 1.165) is 18.6 Å². The van der Waals surface area contributed by atoms with Crippen molar-refractivity contribution in [1.29, 1.82) is 0 Å². The summed E-state index contributed by atoms with van der Waals surface area (Å²) in [5.74, 6) is -16.7. The van der Waals surface area contributed by atoms with Crippen LogP contribution in [0.5, 0.6) is 5.75 Å². The SMILES string of the molecule is CC(=O)O[C@@H]1C[C@]2(C)OCCC2C2CCc3cc(OS(=O)(=O)C(F)(F)C(F)(F)C(F)(F)C(F)(F)F)ccc3C21. The molecule has 4 rings (SSSR count). The molecule has 39 heavy (non-hydrogen) atoms. The number of alkyl halides is 9. The maximum absolute atomic E-state index is 14.1. The van der Waals surface area contributed by atoms with E-state index < -0.39 is 62.7 Å². The van der Waals surface area contributed by atoms with Crippen LogP contribution in [0.25, 0.3) is 0 Å². The number of hydrogen-bond acceptors (Lipinski definition) is 6. The highest BCUT2D eigenvalue weighted by Crippen LogP contribution is 2.58. The molecule has 0 aromatic heterocycles. The molecule has 220 valence electrons. The van der Waals surface area contributed by atoms with Crippen molar-refractivity contribution in [3.05, 3.63) is 29.3 Å². The fourth-order valence-electron chi connectivity index (χ4n) is 6.10. The monoisotopic (exact) mass is 598 g/mol. The summed E-state index contributed by atoms with van der Waals surface area (Å²) in [4.78, 5) is 11.8. The van der Waals surface area contributed by atoms with E-state index in [1.165, 1.54) is 13.0 Å². The second-order valence-electron chi connectivity index (χ2n) is 10.2. The van der Waals surface area contributed by atoms with E-state index in [4.69, 9.17) is 9.47 Å². The molecule has 16 heteroatoms. The smallest absolute Gasteiger partial charge is 0.460 e. The second-order valence-corrected chi connectivity index (χ2v) is 11.8. The number of aryl methyl sites for hydroxylation is 1. The highest BCUT2D eigenvalue weighted by atomic mass is 32.2. The number of halogens is 9. The lowest BCUT2D eigenvalue weighted by Crippen LogP contribution is -2.63. The molecule has 0 N–H and O–H groups in total. The van der Waals surface area contributed by atoms with E-state index in [-0.39, 0.29) is 18.3 Å². The number of esters is 1. The summed E-state index contributed by atoms with van der Waals surface area (Å²) >= 11 is 0. The van der Waals surface area contributed by atoms with Gasteiger partial charge in [0.15, 0.2) is 0 Å². The highest BCUT2D eigenvalue weighted by molar-refractivity contribution is 7.88. The zero-order chi connectivity index (χ0) is 29.4. The third-order valence-electron chi connectivity index (χ3n) is 7.80. The van der Waals surface area contributed by atoms with Gasteiger partial charge >= 0.3 is 39.4 Å². The lowest BCUT2D eigenvalue weighted by molar-refractivity contribution is -0.382. The Morgan fingerprint density at radius 1 is 1.03 bits per heavy atom. The Morgan fingerprint density at radius 3 is 2.26 bits per heavy atom. The van der Waals surface area contributed by atoms with Crippen LogP contribution in [0.1, 0.15) is 50.2 Å². The van der Waals surface area contributed by atoms with Crippen LogP contribution in [-0.4, -0.2) is 56.0 Å². The number of fused-ring (bicyclic) bond motifs is 5. The van der Waals surface area contributed by atoms with Gasteiger partial charge in [-0.1, -0.05) is 6.07 Å². The number of rotatable bonds is 6. The van der Waals surface area contributed by atoms with Gasteiger partial charge in [0.1, 0.15) is 11.9 Å². The molecule has 5 atom stereocenters. The van der Waals surface area contributed by atoms with Crippen molar-refractivity contribution in [2.45, 2.75) is 80.4 Å². The molecule has 2 fully saturated rings. The molecule has 0 amide bonds. The summed E-state index contributed by atoms with van der Waals surface area (Å²) in [6.07, 6.45) is -6.11. The number of carbonyl (C=O) groups excluding carboxylic acids is 1. The number of ether oxygens (including phenoxy) is 2. The predicted molar refractivity (Wildman–Crippen MR) is 114 cm³/mol. The van der Waals surface area contributed by atoms with Gasteiger partial charge in [-0.25, -0.2) is 0 Å². The largest absolute Gasteiger partial charge is 0.462 e. The first-order valence-corrected chi connectivity index (χ1v) is 13.2. The maximum Gasteiger partial charge on any atom is 0.460 e. The first-order chi connectivity index (χ1) is 17.7. The van der Waals surface area contributed by atoms with E-state index in [2.05, 4.69) is 4.18 Å². The van der Waals surface area contributed by atoms with Crippen molar-refractivity contribution in [3.63, 3.8) is 0 Å². The Morgan fingerprint density at radius 2 is 1.67 bits per heavy atom. The fourth-order valence-corrected chi connectivity index (χ4v) is 7.00. The molecular formula is C23H23F9O6S. The molecule has 3 unspecified atom stereocenters. The normalized spacial score (nSPS) is 29.7. The van der Waals surface area contributed by atoms with Crippen LogP contribution < -0.4 is 4.18 Å². The maximum atomic E-state index is 14.1. The zero-order valence-electron chi connectivity index (χ0n) is 20.3. The quantitative estimate of drug-likeness (QED) is 0.241. The van der Waals surface area contributed by atoms with Gasteiger partial charge in [-0.15, -0.1) is 0 Å². The number of hydrogen-bond donors (Lipinski definition) is 0. The van der Waals surface area contributed by atoms with Gasteiger partial charge in [-0.3, -0.25) is 4.79 Å². The number of carbonyl (C=O) groups is 1. The fraction of sp³-hybridized carbons (Fsp3) is 0.696. The Hall–Kier alpha value is -2.23. The van der Waals surface area contributed by atoms with Crippen molar-refractivity contribution in [2.75, 3.05) is 6.61 Å². The molecule has 0 radical (unpaired) electrons. The minimum absolute atomic E-state index is 0.0498. The first kappa shape index (κ1) is 29.7. The van der Waals surface area contributed by atoms with Crippen molar-refractivity contribution in [2.24, 2.45) is 11.8 Å². The Balaban J connectivity index is 1.66. The summed E-state index contributed by atoms with van der Waals surface area (Å²) in [6.45, 7) is 3.61. The van der Waals surface area contributed by atoms with E-state index in [9.17, 15) is 52.7 Å². The first-order valence-electron chi connectivity index (χ1n) is 11.7. The Bertz CT molecular complexity index is 1250. The second kappa shape index (κ2) is 9.14. The minimum atomic E-state index is -7.39. The van der Waals surface area contributed by atoms with E-state index in [0.29, 0.717) is 30.6 Å². The molecule has 1 aromatic carbocycles. The van der Waals surface area contributed by atoms with E-state index >= 15 is 0 Å². The summed E-state index contributed by atoms with van der Waals surface area (Å²) in [5.41, 5.74) is 0.293. The molecule has 1 saturated carbocycles. The predicted octanol–water partition coefficient (Wildman–Crippen LogP) is 5.60. The van der Waals surface area contributed by atoms with Gasteiger partial charge in [0.2, 0.25) is 0 Å². The van der Waals surface area contributed by atoms with Gasteiger partial charge in [0.05, 0.1) is 5.60 Å². The summed E-state index contributed by atoms with van der Waals surface area (Å²) in [6, 6.07) is 2.94. The average molecular weight is 598 g/mol. The lowest BCUT2D eigenvalue weighted by Gasteiger charge is -2.51. The summed E-state index contributed by atoms with van der Waals surface area (Å²) < 4.78 is 158. The van der Waals surface area contributed by atoms with Gasteiger partial charge < -0.3 is 13.7 Å². The minimum Gasteiger partial charge on any atom is -0.462 e. The van der Waals surface area contributed by atoms with Crippen LogP contribution in [0.15, 0.2) is 18.2 Å². The van der Waals surface area contributed by atoms with Crippen LogP contribution in [-0.2, 0) is 30.8 Å². The van der Waals surface area contributed by atoms with Crippen molar-refractivity contribution >= 4 is 16.1 Å². The van der Waals surface area contributed by atoms with Crippen LogP contribution in [0.3, 0.4) is 0 Å². The summed E-state index contributed by atoms with van der Waals surface area (Å²) in [7, 11) is -7.06. The third kappa shape index (κ3) is 4.54. The highest BCUT2D eigenvalue weighted by Gasteiger charge is 2.86. The van der Waals surface area contributed by atoms with Crippen LogP contribution >= 0.6 is 0 Å². The third-order valence-corrected chi connectivity index (χ3v) is 9.10. The van der Waals surface area contributed by atoms with E-state index in [1.807, 2.05) is 6.92 Å². The van der Waals surface area contributed by atoms with Crippen molar-refractivity contribution in [3.8, 4) is 5.75 Å². The van der Waals surface area contributed by atoms with E-state index in [1.54, 1.807) is 0 Å². The molecule has 1 aromatic rings. The molecule has 0 bridgehead atoms.